The molecular weight excluding hydrogens is 539 g/mol. The van der Waals surface area contributed by atoms with E-state index in [2.05, 4.69) is 32.7 Å². The van der Waals surface area contributed by atoms with Gasteiger partial charge in [-0.2, -0.15) is 0 Å². The van der Waals surface area contributed by atoms with Gasteiger partial charge in [-0.25, -0.2) is 8.42 Å². The van der Waals surface area contributed by atoms with Crippen molar-refractivity contribution in [2.45, 2.75) is 30.2 Å². The van der Waals surface area contributed by atoms with Gasteiger partial charge in [0, 0.05) is 50.7 Å². The van der Waals surface area contributed by atoms with Crippen LogP contribution in [-0.2, 0) is 16.3 Å². The van der Waals surface area contributed by atoms with Crippen molar-refractivity contribution in [3.63, 3.8) is 0 Å². The van der Waals surface area contributed by atoms with Crippen LogP contribution >= 0.6 is 24.0 Å². The summed E-state index contributed by atoms with van der Waals surface area (Å²) in [4.78, 5) is 7.08. The van der Waals surface area contributed by atoms with Gasteiger partial charge in [-0.15, -0.1) is 24.0 Å². The first-order valence-electron chi connectivity index (χ1n) is 10.5. The maximum Gasteiger partial charge on any atom is 0.191 e. The molecule has 0 radical (unpaired) electrons. The molecule has 32 heavy (non-hydrogen) atoms. The summed E-state index contributed by atoms with van der Waals surface area (Å²) < 4.78 is 28.5. The Bertz CT molecular complexity index is 997. The molecule has 0 amide bonds. The van der Waals surface area contributed by atoms with Gasteiger partial charge in [-0.3, -0.25) is 4.99 Å². The third-order valence-electron chi connectivity index (χ3n) is 5.46. The fourth-order valence-corrected chi connectivity index (χ4v) is 4.38. The van der Waals surface area contributed by atoms with E-state index in [0.717, 1.165) is 49.6 Å². The molecule has 1 fully saturated rings. The first kappa shape index (κ1) is 26.2. The van der Waals surface area contributed by atoms with E-state index in [1.165, 1.54) is 11.9 Å². The van der Waals surface area contributed by atoms with E-state index in [1.54, 1.807) is 26.3 Å². The number of nitrogens with one attached hydrogen (secondary N) is 2. The molecule has 9 heteroatoms. The highest BCUT2D eigenvalue weighted by Crippen LogP contribution is 2.24. The molecule has 2 N–H and O–H groups in total. The topological polar surface area (TPSA) is 83.0 Å². The van der Waals surface area contributed by atoms with E-state index in [1.807, 2.05) is 24.3 Å². The number of ether oxygens (including phenoxy) is 1. The van der Waals surface area contributed by atoms with E-state index in [4.69, 9.17) is 4.74 Å². The summed E-state index contributed by atoms with van der Waals surface area (Å²) in [5, 5.41) is 6.90. The van der Waals surface area contributed by atoms with Crippen LogP contribution in [0.5, 0.6) is 5.75 Å². The predicted molar refractivity (Wildman–Crippen MR) is 141 cm³/mol. The second kappa shape index (κ2) is 12.3. The van der Waals surface area contributed by atoms with Crippen molar-refractivity contribution >= 4 is 45.5 Å². The summed E-state index contributed by atoms with van der Waals surface area (Å²) in [7, 11) is 0.308. The molecule has 2 aromatic rings. The van der Waals surface area contributed by atoms with Crippen molar-refractivity contribution in [2.24, 2.45) is 4.99 Å². The van der Waals surface area contributed by atoms with Crippen molar-refractivity contribution in [1.82, 2.24) is 10.6 Å². The van der Waals surface area contributed by atoms with Crippen molar-refractivity contribution in [3.05, 3.63) is 54.1 Å². The van der Waals surface area contributed by atoms with Crippen LogP contribution in [0.1, 0.15) is 18.4 Å². The highest BCUT2D eigenvalue weighted by Gasteiger charge is 2.21. The molecule has 0 spiro atoms. The fourth-order valence-electron chi connectivity index (χ4n) is 3.75. The smallest absolute Gasteiger partial charge is 0.191 e. The SMILES string of the molecule is CN=C(NCCc1ccc(S(C)(=O)=O)cc1)NC1CCCN(c2cccc(OC)c2)C1.I. The summed E-state index contributed by atoms with van der Waals surface area (Å²) >= 11 is 0. The van der Waals surface area contributed by atoms with E-state index in [-0.39, 0.29) is 24.0 Å². The average molecular weight is 573 g/mol. The Labute approximate surface area is 208 Å². The quantitative estimate of drug-likeness (QED) is 0.302. The molecule has 7 nitrogen and oxygen atoms in total. The van der Waals surface area contributed by atoms with E-state index < -0.39 is 9.84 Å². The van der Waals surface area contributed by atoms with Gasteiger partial charge < -0.3 is 20.3 Å². The number of benzene rings is 2. The van der Waals surface area contributed by atoms with Gasteiger partial charge in [0.2, 0.25) is 0 Å². The number of halogens is 1. The van der Waals surface area contributed by atoms with E-state index in [9.17, 15) is 8.42 Å². The van der Waals surface area contributed by atoms with Gasteiger partial charge >= 0.3 is 0 Å². The minimum Gasteiger partial charge on any atom is -0.497 e. The molecule has 0 saturated carbocycles. The van der Waals surface area contributed by atoms with Gasteiger partial charge in [0.25, 0.3) is 0 Å². The van der Waals surface area contributed by atoms with Crippen LogP contribution in [0.4, 0.5) is 5.69 Å². The minimum absolute atomic E-state index is 0. The molecule has 1 atom stereocenters. The molecule has 1 saturated heterocycles. The number of rotatable bonds is 7. The number of methoxy groups -OCH3 is 1. The number of hydrogen-bond donors (Lipinski definition) is 2. The number of sulfone groups is 1. The van der Waals surface area contributed by atoms with Gasteiger partial charge in [0.05, 0.1) is 12.0 Å². The molecule has 0 aliphatic carbocycles. The summed E-state index contributed by atoms with van der Waals surface area (Å²) in [6.45, 7) is 2.64. The highest BCUT2D eigenvalue weighted by atomic mass is 127. The lowest BCUT2D eigenvalue weighted by atomic mass is 10.0. The maximum absolute atomic E-state index is 11.6. The number of hydrogen-bond acceptors (Lipinski definition) is 5. The normalized spacial score (nSPS) is 16.8. The Kier molecular flexibility index (Phi) is 10.1. The monoisotopic (exact) mass is 572 g/mol. The van der Waals surface area contributed by atoms with E-state index in [0.29, 0.717) is 17.5 Å². The predicted octanol–water partition coefficient (Wildman–Crippen LogP) is 3.09. The van der Waals surface area contributed by atoms with Gasteiger partial charge in [-0.1, -0.05) is 18.2 Å². The Morgan fingerprint density at radius 3 is 2.62 bits per heavy atom. The van der Waals surface area contributed by atoms with Gasteiger partial charge in [0.1, 0.15) is 5.75 Å². The van der Waals surface area contributed by atoms with E-state index >= 15 is 0 Å². The number of piperidine rings is 1. The fraction of sp³-hybridized carbons (Fsp3) is 0.435. The lowest BCUT2D eigenvalue weighted by Crippen LogP contribution is -2.51. The molecule has 1 aliphatic rings. The molecule has 0 aromatic heterocycles. The van der Waals surface area contributed by atoms with Crippen LogP contribution in [0.2, 0.25) is 0 Å². The van der Waals surface area contributed by atoms with Crippen molar-refractivity contribution in [2.75, 3.05) is 44.9 Å². The van der Waals surface area contributed by atoms with Crippen LogP contribution in [0.15, 0.2) is 58.4 Å². The third-order valence-corrected chi connectivity index (χ3v) is 6.59. The minimum atomic E-state index is -3.16. The van der Waals surface area contributed by atoms with Crippen LogP contribution in [0.3, 0.4) is 0 Å². The van der Waals surface area contributed by atoms with Crippen LogP contribution in [0.25, 0.3) is 0 Å². The summed E-state index contributed by atoms with van der Waals surface area (Å²) in [6, 6.07) is 15.5. The summed E-state index contributed by atoms with van der Waals surface area (Å²) in [5.41, 5.74) is 2.25. The van der Waals surface area contributed by atoms with Crippen LogP contribution < -0.4 is 20.3 Å². The zero-order valence-corrected chi connectivity index (χ0v) is 22.0. The first-order valence-corrected chi connectivity index (χ1v) is 12.4. The van der Waals surface area contributed by atoms with Crippen LogP contribution in [0, 0.1) is 0 Å². The van der Waals surface area contributed by atoms with Gasteiger partial charge in [-0.05, 0) is 49.1 Å². The third kappa shape index (κ3) is 7.54. The first-order chi connectivity index (χ1) is 14.9. The molecule has 1 aliphatic heterocycles. The maximum atomic E-state index is 11.6. The lowest BCUT2D eigenvalue weighted by molar-refractivity contribution is 0.414. The molecule has 0 bridgehead atoms. The molecule has 2 aromatic carbocycles. The van der Waals surface area contributed by atoms with Crippen LogP contribution in [-0.4, -0.2) is 60.5 Å². The Hall–Kier alpha value is -2.01. The molecule has 1 unspecified atom stereocenters. The van der Waals surface area contributed by atoms with Crippen molar-refractivity contribution in [3.8, 4) is 5.75 Å². The Morgan fingerprint density at radius 2 is 1.97 bits per heavy atom. The molecule has 176 valence electrons. The highest BCUT2D eigenvalue weighted by molar-refractivity contribution is 14.0. The number of aliphatic imine (C=N–C) groups is 1. The Morgan fingerprint density at radius 1 is 1.22 bits per heavy atom. The number of anilines is 1. The van der Waals surface area contributed by atoms with Crippen molar-refractivity contribution in [1.29, 1.82) is 0 Å². The Balaban J connectivity index is 0.00000363. The standard InChI is InChI=1S/C23H32N4O3S.HI/c1-24-23(25-14-13-18-9-11-22(12-10-18)31(3,28)29)26-19-6-5-15-27(17-19)20-7-4-8-21(16-20)30-2;/h4,7-12,16,19H,5-6,13-15,17H2,1-3H3,(H2,24,25,26);1H. The number of nitrogens with zero attached hydrogens (tertiary/aromatic N) is 2. The van der Waals surface area contributed by atoms with Gasteiger partial charge in [0.15, 0.2) is 15.8 Å². The molecule has 3 rings (SSSR count). The molecular formula is C23H33IN4O3S. The van der Waals surface area contributed by atoms with Crippen molar-refractivity contribution < 1.29 is 13.2 Å². The average Bonchev–Trinajstić information content (AvgIpc) is 2.78. The largest absolute Gasteiger partial charge is 0.497 e. The zero-order valence-electron chi connectivity index (χ0n) is 18.9. The number of guanidine groups is 1. The zero-order chi connectivity index (χ0) is 22.3. The summed E-state index contributed by atoms with van der Waals surface area (Å²) in [6.07, 6.45) is 4.21. The summed E-state index contributed by atoms with van der Waals surface area (Å²) in [5.74, 6) is 1.65. The molecule has 1 heterocycles. The lowest BCUT2D eigenvalue weighted by Gasteiger charge is -2.35. The second-order valence-electron chi connectivity index (χ2n) is 7.80. The second-order valence-corrected chi connectivity index (χ2v) is 9.81.